The van der Waals surface area contributed by atoms with E-state index >= 15 is 0 Å². The predicted molar refractivity (Wildman–Crippen MR) is 75.6 cm³/mol. The molecule has 0 radical (unpaired) electrons. The maximum Gasteiger partial charge on any atom is 0.334 e. The SMILES string of the molecule is Cn1c(-c2ccco2)c(F)c2nc3ccccc3n2c1=O. The highest BCUT2D eigenvalue weighted by Crippen LogP contribution is 2.25. The minimum Gasteiger partial charge on any atom is -0.463 e. The van der Waals surface area contributed by atoms with Gasteiger partial charge in [-0.25, -0.2) is 18.6 Å². The van der Waals surface area contributed by atoms with Crippen LogP contribution in [0.1, 0.15) is 0 Å². The van der Waals surface area contributed by atoms with Gasteiger partial charge in [-0.3, -0.25) is 4.57 Å². The summed E-state index contributed by atoms with van der Waals surface area (Å²) in [5.74, 6) is -0.287. The van der Waals surface area contributed by atoms with Crippen LogP contribution >= 0.6 is 0 Å². The Balaban J connectivity index is 2.26. The fourth-order valence-corrected chi connectivity index (χ4v) is 2.55. The Labute approximate surface area is 117 Å². The topological polar surface area (TPSA) is 52.4 Å². The zero-order valence-corrected chi connectivity index (χ0v) is 11.1. The summed E-state index contributed by atoms with van der Waals surface area (Å²) in [7, 11) is 1.51. The van der Waals surface area contributed by atoms with E-state index < -0.39 is 5.82 Å². The maximum absolute atomic E-state index is 14.8. The molecule has 0 amide bonds. The second kappa shape index (κ2) is 4.05. The molecule has 0 aliphatic carbocycles. The first kappa shape index (κ1) is 11.9. The fourth-order valence-electron chi connectivity index (χ4n) is 2.55. The summed E-state index contributed by atoms with van der Waals surface area (Å²) >= 11 is 0. The third-order valence-corrected chi connectivity index (χ3v) is 3.53. The standard InChI is InChI=1S/C15H10FN3O2/c1-18-13(11-7-4-8-21-11)12(16)14-17-9-5-2-3-6-10(9)19(14)15(18)20/h2-8H,1H3. The Morgan fingerprint density at radius 2 is 2.00 bits per heavy atom. The number of rotatable bonds is 1. The van der Waals surface area contributed by atoms with E-state index in [1.165, 1.54) is 22.3 Å². The fraction of sp³-hybridized carbons (Fsp3) is 0.0667. The van der Waals surface area contributed by atoms with Crippen molar-refractivity contribution in [1.82, 2.24) is 14.0 Å². The normalized spacial score (nSPS) is 11.5. The predicted octanol–water partition coefficient (Wildman–Crippen LogP) is 2.59. The number of benzene rings is 1. The Morgan fingerprint density at radius 3 is 2.76 bits per heavy atom. The van der Waals surface area contributed by atoms with Crippen LogP contribution in [0.15, 0.2) is 51.9 Å². The van der Waals surface area contributed by atoms with Crippen molar-refractivity contribution >= 4 is 16.7 Å². The van der Waals surface area contributed by atoms with Gasteiger partial charge in [-0.05, 0) is 24.3 Å². The maximum atomic E-state index is 14.8. The van der Waals surface area contributed by atoms with Gasteiger partial charge in [-0.15, -0.1) is 0 Å². The van der Waals surface area contributed by atoms with E-state index in [0.29, 0.717) is 16.8 Å². The molecule has 6 heteroatoms. The van der Waals surface area contributed by atoms with E-state index in [4.69, 9.17) is 4.42 Å². The lowest BCUT2D eigenvalue weighted by Crippen LogP contribution is -2.26. The first-order valence-electron chi connectivity index (χ1n) is 6.38. The van der Waals surface area contributed by atoms with Gasteiger partial charge in [0, 0.05) is 7.05 Å². The molecule has 0 aliphatic rings. The third kappa shape index (κ3) is 1.50. The Kier molecular flexibility index (Phi) is 2.29. The molecule has 0 bridgehead atoms. The Hall–Kier alpha value is -2.89. The van der Waals surface area contributed by atoms with E-state index in [2.05, 4.69) is 4.98 Å². The van der Waals surface area contributed by atoms with E-state index in [-0.39, 0.29) is 17.0 Å². The van der Waals surface area contributed by atoms with Crippen molar-refractivity contribution in [1.29, 1.82) is 0 Å². The van der Waals surface area contributed by atoms with Crippen LogP contribution in [0.4, 0.5) is 4.39 Å². The van der Waals surface area contributed by atoms with Gasteiger partial charge < -0.3 is 4.42 Å². The first-order chi connectivity index (χ1) is 10.2. The van der Waals surface area contributed by atoms with E-state index in [1.54, 1.807) is 36.4 Å². The third-order valence-electron chi connectivity index (χ3n) is 3.53. The summed E-state index contributed by atoms with van der Waals surface area (Å²) in [5, 5.41) is 0. The van der Waals surface area contributed by atoms with E-state index in [0.717, 1.165) is 0 Å². The number of halogens is 1. The van der Waals surface area contributed by atoms with E-state index in [9.17, 15) is 9.18 Å². The van der Waals surface area contributed by atoms with Crippen LogP contribution in [0, 0.1) is 5.82 Å². The minimum atomic E-state index is -0.580. The average Bonchev–Trinajstić information content (AvgIpc) is 3.12. The largest absolute Gasteiger partial charge is 0.463 e. The second-order valence-electron chi connectivity index (χ2n) is 4.74. The molecule has 0 spiro atoms. The van der Waals surface area contributed by atoms with Gasteiger partial charge in [-0.1, -0.05) is 12.1 Å². The van der Waals surface area contributed by atoms with Crippen LogP contribution in [0.2, 0.25) is 0 Å². The molecule has 0 aliphatic heterocycles. The number of hydrogen-bond acceptors (Lipinski definition) is 3. The molecule has 0 saturated heterocycles. The number of imidazole rings is 1. The van der Waals surface area contributed by atoms with E-state index in [1.807, 2.05) is 0 Å². The van der Waals surface area contributed by atoms with Gasteiger partial charge >= 0.3 is 5.69 Å². The quantitative estimate of drug-likeness (QED) is 0.539. The molecule has 0 unspecified atom stereocenters. The molecule has 1 aromatic carbocycles. The minimum absolute atomic E-state index is 0.00528. The Morgan fingerprint density at radius 1 is 1.19 bits per heavy atom. The molecule has 3 heterocycles. The van der Waals surface area contributed by atoms with Gasteiger partial charge in [0.1, 0.15) is 5.69 Å². The number of para-hydroxylation sites is 2. The highest BCUT2D eigenvalue weighted by Gasteiger charge is 2.21. The molecule has 5 nitrogen and oxygen atoms in total. The molecule has 0 fully saturated rings. The molecule has 0 atom stereocenters. The zero-order valence-electron chi connectivity index (χ0n) is 11.1. The zero-order chi connectivity index (χ0) is 14.6. The summed E-state index contributed by atoms with van der Waals surface area (Å²) in [5.41, 5.74) is 0.882. The highest BCUT2D eigenvalue weighted by molar-refractivity contribution is 5.81. The molecule has 0 N–H and O–H groups in total. The van der Waals surface area contributed by atoms with Crippen LogP contribution in [-0.4, -0.2) is 14.0 Å². The van der Waals surface area contributed by atoms with Crippen molar-refractivity contribution < 1.29 is 8.81 Å². The van der Waals surface area contributed by atoms with Crippen molar-refractivity contribution in [3.05, 3.63) is 59.0 Å². The highest BCUT2D eigenvalue weighted by atomic mass is 19.1. The van der Waals surface area contributed by atoms with Gasteiger partial charge in [0.05, 0.1) is 17.3 Å². The summed E-state index contributed by atoms with van der Waals surface area (Å²) < 4.78 is 22.5. The van der Waals surface area contributed by atoms with Gasteiger partial charge in [0.15, 0.2) is 17.2 Å². The molecule has 104 valence electrons. The lowest BCUT2D eigenvalue weighted by Gasteiger charge is -2.08. The van der Waals surface area contributed by atoms with Crippen molar-refractivity contribution in [2.75, 3.05) is 0 Å². The first-order valence-corrected chi connectivity index (χ1v) is 6.38. The molecule has 4 rings (SSSR count). The van der Waals surface area contributed by atoms with Crippen LogP contribution in [-0.2, 0) is 7.05 Å². The smallest absolute Gasteiger partial charge is 0.334 e. The average molecular weight is 283 g/mol. The molecular formula is C15H10FN3O2. The molecule has 3 aromatic heterocycles. The second-order valence-corrected chi connectivity index (χ2v) is 4.74. The van der Waals surface area contributed by atoms with Crippen molar-refractivity contribution in [3.8, 4) is 11.5 Å². The lowest BCUT2D eigenvalue weighted by atomic mass is 10.3. The van der Waals surface area contributed by atoms with Crippen LogP contribution < -0.4 is 5.69 Å². The van der Waals surface area contributed by atoms with Crippen molar-refractivity contribution in [2.45, 2.75) is 0 Å². The monoisotopic (exact) mass is 283 g/mol. The van der Waals surface area contributed by atoms with Gasteiger partial charge in [0.2, 0.25) is 0 Å². The number of nitrogens with zero attached hydrogens (tertiary/aromatic N) is 3. The summed E-state index contributed by atoms with van der Waals surface area (Å²) in [4.78, 5) is 16.8. The van der Waals surface area contributed by atoms with Gasteiger partial charge in [-0.2, -0.15) is 0 Å². The summed E-state index contributed by atoms with van der Waals surface area (Å²) in [6.07, 6.45) is 1.44. The van der Waals surface area contributed by atoms with Crippen molar-refractivity contribution in [3.63, 3.8) is 0 Å². The number of fused-ring (bicyclic) bond motifs is 3. The molecule has 0 saturated carbocycles. The van der Waals surface area contributed by atoms with Crippen molar-refractivity contribution in [2.24, 2.45) is 7.05 Å². The van der Waals surface area contributed by atoms with Gasteiger partial charge in [0.25, 0.3) is 0 Å². The molecular weight excluding hydrogens is 273 g/mol. The van der Waals surface area contributed by atoms with Crippen LogP contribution in [0.3, 0.4) is 0 Å². The van der Waals surface area contributed by atoms with Crippen LogP contribution in [0.5, 0.6) is 0 Å². The molecule has 21 heavy (non-hydrogen) atoms. The number of hydrogen-bond donors (Lipinski definition) is 0. The summed E-state index contributed by atoms with van der Waals surface area (Å²) in [6, 6.07) is 10.3. The Bertz CT molecular complexity index is 1030. The van der Waals surface area contributed by atoms with Crippen LogP contribution in [0.25, 0.3) is 28.1 Å². The summed E-state index contributed by atoms with van der Waals surface area (Å²) in [6.45, 7) is 0. The lowest BCUT2D eigenvalue weighted by molar-refractivity contribution is 0.551. The number of aromatic nitrogens is 3. The number of furan rings is 1. The molecule has 4 aromatic rings.